The van der Waals surface area contributed by atoms with E-state index in [2.05, 4.69) is 135 Å². The number of unbranched alkanes of at least 4 members (excludes halogenated alkanes) is 12. The fourth-order valence-electron chi connectivity index (χ4n) is 6.48. The van der Waals surface area contributed by atoms with Crippen molar-refractivity contribution < 1.29 is 42.1 Å². The molecular weight excluding hydrogens is 870 g/mol. The first-order valence-electron chi connectivity index (χ1n) is 26.3. The quantitative estimate of drug-likeness (QED) is 0.0211. The van der Waals surface area contributed by atoms with Crippen molar-refractivity contribution in [1.29, 1.82) is 0 Å². The van der Waals surface area contributed by atoms with Crippen LogP contribution in [0.4, 0.5) is 0 Å². The van der Waals surface area contributed by atoms with Crippen molar-refractivity contribution >= 4 is 19.8 Å². The van der Waals surface area contributed by atoms with E-state index in [-0.39, 0.29) is 26.1 Å². The molecule has 68 heavy (non-hydrogen) atoms. The van der Waals surface area contributed by atoms with Crippen molar-refractivity contribution in [3.05, 3.63) is 122 Å². The van der Waals surface area contributed by atoms with Crippen LogP contribution >= 0.6 is 7.82 Å². The van der Waals surface area contributed by atoms with E-state index >= 15 is 0 Å². The van der Waals surface area contributed by atoms with E-state index in [4.69, 9.17) is 18.5 Å². The van der Waals surface area contributed by atoms with Crippen LogP contribution in [0.2, 0.25) is 0 Å². The molecule has 0 rings (SSSR count). The number of carbonyl (C=O) groups is 2. The predicted molar refractivity (Wildman–Crippen MR) is 288 cm³/mol. The number of carbonyl (C=O) groups excluding carboxylic acids is 2. The summed E-state index contributed by atoms with van der Waals surface area (Å²) in [7, 11) is 1.44. The van der Waals surface area contributed by atoms with E-state index in [1.54, 1.807) is 0 Å². The zero-order valence-electron chi connectivity index (χ0n) is 43.5. The summed E-state index contributed by atoms with van der Waals surface area (Å²) in [4.78, 5) is 35.5. The Balaban J connectivity index is 4.22. The van der Waals surface area contributed by atoms with Crippen LogP contribution in [-0.2, 0) is 32.7 Å². The van der Waals surface area contributed by atoms with Gasteiger partial charge in [0.05, 0.1) is 27.7 Å². The monoisotopic (exact) mass is 967 g/mol. The molecule has 0 saturated heterocycles. The molecule has 0 fully saturated rings. The van der Waals surface area contributed by atoms with Crippen LogP contribution in [0.3, 0.4) is 0 Å². The highest BCUT2D eigenvalue weighted by Gasteiger charge is 2.27. The number of phosphoric acid groups is 1. The number of quaternary nitrogens is 1. The van der Waals surface area contributed by atoms with Gasteiger partial charge in [0.2, 0.25) is 0 Å². The third-order valence-electron chi connectivity index (χ3n) is 10.5. The van der Waals surface area contributed by atoms with E-state index in [0.29, 0.717) is 23.9 Å². The van der Waals surface area contributed by atoms with Crippen molar-refractivity contribution in [1.82, 2.24) is 0 Å². The second kappa shape index (κ2) is 48.4. The molecule has 0 saturated carbocycles. The molecule has 386 valence electrons. The highest BCUT2D eigenvalue weighted by atomic mass is 31.2. The van der Waals surface area contributed by atoms with Gasteiger partial charge in [-0.05, 0) is 103 Å². The van der Waals surface area contributed by atoms with Crippen LogP contribution in [0, 0.1) is 0 Å². The first-order valence-corrected chi connectivity index (χ1v) is 27.8. The van der Waals surface area contributed by atoms with Crippen molar-refractivity contribution in [2.24, 2.45) is 0 Å². The number of nitrogens with zero attached hydrogens (tertiary/aromatic N) is 1. The smallest absolute Gasteiger partial charge is 0.462 e. The molecule has 0 bridgehead atoms. The number of likely N-dealkylation sites (N-methyl/N-ethyl adjacent to an activating group) is 1. The van der Waals surface area contributed by atoms with Crippen molar-refractivity contribution in [2.75, 3.05) is 47.5 Å². The van der Waals surface area contributed by atoms with Crippen LogP contribution in [0.25, 0.3) is 0 Å². The van der Waals surface area contributed by atoms with Crippen LogP contribution in [0.15, 0.2) is 122 Å². The zero-order valence-corrected chi connectivity index (χ0v) is 44.4. The highest BCUT2D eigenvalue weighted by molar-refractivity contribution is 7.47. The number of rotatable bonds is 46. The van der Waals surface area contributed by atoms with Crippen LogP contribution in [-0.4, -0.2) is 74.9 Å². The number of phosphoric ester groups is 1. The number of ether oxygens (including phenoxy) is 2. The van der Waals surface area contributed by atoms with E-state index < -0.39 is 32.5 Å². The largest absolute Gasteiger partial charge is 0.472 e. The minimum atomic E-state index is -4.40. The van der Waals surface area contributed by atoms with Gasteiger partial charge in [0.1, 0.15) is 19.8 Å². The summed E-state index contributed by atoms with van der Waals surface area (Å²) in [5.74, 6) is -0.851. The Hall–Kier alpha value is -3.59. The van der Waals surface area contributed by atoms with Gasteiger partial charge in [-0.1, -0.05) is 187 Å². The molecule has 2 atom stereocenters. The fourth-order valence-corrected chi connectivity index (χ4v) is 7.22. The van der Waals surface area contributed by atoms with E-state index in [1.165, 1.54) is 32.1 Å². The maximum Gasteiger partial charge on any atom is 0.472 e. The summed E-state index contributed by atoms with van der Waals surface area (Å²) in [5.41, 5.74) is 0. The topological polar surface area (TPSA) is 108 Å². The molecule has 1 N–H and O–H groups in total. The van der Waals surface area contributed by atoms with Gasteiger partial charge in [-0.3, -0.25) is 18.6 Å². The Morgan fingerprint density at radius 3 is 1.19 bits per heavy atom. The molecule has 2 unspecified atom stereocenters. The maximum atomic E-state index is 12.8. The van der Waals surface area contributed by atoms with Gasteiger partial charge in [-0.25, -0.2) is 4.57 Å². The Morgan fingerprint density at radius 2 is 0.794 bits per heavy atom. The second-order valence-corrected chi connectivity index (χ2v) is 19.6. The van der Waals surface area contributed by atoms with Gasteiger partial charge in [0.25, 0.3) is 0 Å². The summed E-state index contributed by atoms with van der Waals surface area (Å²) in [5, 5.41) is 0. The molecule has 0 aromatic rings. The first kappa shape index (κ1) is 64.4. The van der Waals surface area contributed by atoms with E-state index in [1.807, 2.05) is 21.1 Å². The van der Waals surface area contributed by atoms with Crippen molar-refractivity contribution in [2.45, 2.75) is 187 Å². The Bertz CT molecular complexity index is 1560. The van der Waals surface area contributed by atoms with Gasteiger partial charge in [-0.15, -0.1) is 0 Å². The van der Waals surface area contributed by atoms with Gasteiger partial charge in [-0.2, -0.15) is 0 Å². The van der Waals surface area contributed by atoms with Gasteiger partial charge < -0.3 is 18.9 Å². The zero-order chi connectivity index (χ0) is 49.9. The van der Waals surface area contributed by atoms with Gasteiger partial charge >= 0.3 is 19.8 Å². The molecule has 0 spiro atoms. The number of hydrogen-bond donors (Lipinski definition) is 1. The van der Waals surface area contributed by atoms with Crippen molar-refractivity contribution in [3.63, 3.8) is 0 Å². The third-order valence-corrected chi connectivity index (χ3v) is 11.5. The molecule has 0 aliphatic rings. The SMILES string of the molecule is CC/C=C\C/C=C\C/C=C\C/C=C\C/C=C\C/C=C\C/C=C\CCCCCCCCCCCC(=O)OC(COC(=O)CCCCC/C=C\C/C=C\C/C=C\CC)COP(=O)(O)OCC[N+](C)(C)C. The molecular formula is C58H97NO8P+. The minimum absolute atomic E-state index is 0.0188. The Kier molecular flexibility index (Phi) is 45.9. The molecule has 0 aromatic carbocycles. The summed E-state index contributed by atoms with van der Waals surface area (Å²) in [6.07, 6.45) is 68.4. The number of esters is 2. The first-order chi connectivity index (χ1) is 33.0. The molecule has 0 heterocycles. The predicted octanol–water partition coefficient (Wildman–Crippen LogP) is 16.0. The van der Waals surface area contributed by atoms with Crippen LogP contribution < -0.4 is 0 Å². The lowest BCUT2D eigenvalue weighted by Gasteiger charge is -2.24. The normalized spacial score (nSPS) is 14.4. The lowest BCUT2D eigenvalue weighted by atomic mass is 10.1. The Morgan fingerprint density at radius 1 is 0.456 bits per heavy atom. The summed E-state index contributed by atoms with van der Waals surface area (Å²) < 4.78 is 34.4. The molecule has 0 amide bonds. The standard InChI is InChI=1S/C58H96NO8P/c1-6-8-10-12-14-16-18-20-21-22-23-24-25-26-27-28-29-30-31-32-33-34-35-36-37-39-41-43-45-47-49-51-58(61)67-56(55-66-68(62,63)65-53-52-59(3,4)5)54-64-57(60)50-48-46-44-42-40-38-19-17-15-13-11-9-7-2/h8-11,14-17,20-21,23-24,26-27,29-30,32-33,38,40,56H,6-7,12-13,18-19,22,25,28,31,34-37,39,41-55H2,1-5H3/p+1/b10-8-,11-9-,16-14-,17-15-,21-20-,24-23-,27-26-,30-29-,33-32-,40-38-. The lowest BCUT2D eigenvalue weighted by Crippen LogP contribution is -2.37. The van der Waals surface area contributed by atoms with Crippen LogP contribution in [0.1, 0.15) is 181 Å². The number of hydrogen-bond acceptors (Lipinski definition) is 7. The summed E-state index contributed by atoms with van der Waals surface area (Å²) in [6.45, 7) is 4.13. The van der Waals surface area contributed by atoms with Gasteiger partial charge in [0.15, 0.2) is 6.10 Å². The van der Waals surface area contributed by atoms with Crippen molar-refractivity contribution in [3.8, 4) is 0 Å². The average molecular weight is 967 g/mol. The maximum absolute atomic E-state index is 12.8. The number of allylic oxidation sites excluding steroid dienone is 20. The lowest BCUT2D eigenvalue weighted by molar-refractivity contribution is -0.870. The minimum Gasteiger partial charge on any atom is -0.462 e. The molecule has 10 heteroatoms. The highest BCUT2D eigenvalue weighted by Crippen LogP contribution is 2.43. The van der Waals surface area contributed by atoms with Gasteiger partial charge in [0, 0.05) is 12.8 Å². The average Bonchev–Trinajstić information content (AvgIpc) is 3.30. The summed E-state index contributed by atoms with van der Waals surface area (Å²) in [6, 6.07) is 0. The molecule has 0 radical (unpaired) electrons. The molecule has 0 aliphatic heterocycles. The fraction of sp³-hybridized carbons (Fsp3) is 0.621. The van der Waals surface area contributed by atoms with E-state index in [0.717, 1.165) is 109 Å². The van der Waals surface area contributed by atoms with Crippen LogP contribution in [0.5, 0.6) is 0 Å². The summed E-state index contributed by atoms with van der Waals surface area (Å²) >= 11 is 0. The van der Waals surface area contributed by atoms with E-state index in [9.17, 15) is 19.0 Å². The molecule has 0 aliphatic carbocycles. The Labute approximate surface area is 416 Å². The second-order valence-electron chi connectivity index (χ2n) is 18.1. The molecule has 9 nitrogen and oxygen atoms in total. The molecule has 0 aromatic heterocycles. The third kappa shape index (κ3) is 51.8.